The quantitative estimate of drug-likeness (QED) is 0.155. The number of halogens is 1. The number of nitrogens with zero attached hydrogens (tertiary/aromatic N) is 5. The highest BCUT2D eigenvalue weighted by atomic mass is 35.5. The summed E-state index contributed by atoms with van der Waals surface area (Å²) in [6.07, 6.45) is 13.1. The maximum Gasteiger partial charge on any atom is 0.333 e. The number of aromatic nitrogens is 4. The van der Waals surface area contributed by atoms with Gasteiger partial charge in [0.25, 0.3) is 10.0 Å². The van der Waals surface area contributed by atoms with Crippen molar-refractivity contribution in [3.8, 4) is 17.8 Å². The topological polar surface area (TPSA) is 239 Å². The van der Waals surface area contributed by atoms with Gasteiger partial charge in [-0.1, -0.05) is 11.6 Å². The molecular formula is C38H44ClN9O7S2. The van der Waals surface area contributed by atoms with E-state index in [2.05, 4.69) is 26.3 Å². The SMILES string of the molecule is N#Cc1cc(C2CC2)c(N)c(C2CC2)c1.NS(=O)(=O)c1cnn2c1OCCC2.O=C(Nc1c(C2CC2)cc(Cl)cc1C1CC1)NS(=O)(=O)c1cnn2c1OCCC2. The Morgan fingerprint density at radius 2 is 1.23 bits per heavy atom. The highest BCUT2D eigenvalue weighted by molar-refractivity contribution is 7.90. The second-order valence-corrected chi connectivity index (χ2v) is 18.9. The van der Waals surface area contributed by atoms with E-state index in [1.807, 2.05) is 24.3 Å². The summed E-state index contributed by atoms with van der Waals surface area (Å²) in [5.41, 5.74) is 13.1. The Bertz CT molecular complexity index is 2410. The van der Waals surface area contributed by atoms with Crippen molar-refractivity contribution in [3.63, 3.8) is 0 Å². The van der Waals surface area contributed by atoms with Crippen LogP contribution in [0, 0.1) is 11.3 Å². The molecule has 57 heavy (non-hydrogen) atoms. The second-order valence-electron chi connectivity index (χ2n) is 15.3. The number of sulfonamides is 2. The Hall–Kier alpha value is -4.83. The lowest BCUT2D eigenvalue weighted by molar-refractivity contribution is 0.224. The molecule has 0 atom stereocenters. The molecule has 2 aliphatic heterocycles. The van der Waals surface area contributed by atoms with Crippen molar-refractivity contribution in [2.24, 2.45) is 5.14 Å². The summed E-state index contributed by atoms with van der Waals surface area (Å²) < 4.78 is 63.2. The zero-order chi connectivity index (χ0) is 40.1. The summed E-state index contributed by atoms with van der Waals surface area (Å²) in [5.74, 6) is 2.41. The van der Waals surface area contributed by atoms with Gasteiger partial charge in [0.1, 0.15) is 0 Å². The Labute approximate surface area is 335 Å². The van der Waals surface area contributed by atoms with Gasteiger partial charge >= 0.3 is 6.03 Å². The monoisotopic (exact) mass is 837 g/mol. The standard InChI is InChI=1S/C19H21ClN4O4S.C13H14N2.C6H9N3O3S/c20-13-8-14(11-2-3-11)17(15(9-13)12-4-5-12)22-19(25)23-29(26,27)16-10-21-24-6-1-7-28-18(16)24;14-7-8-5-11(9-1-2-9)13(15)12(6-8)10-3-4-10;7-13(10,11)5-4-8-9-2-1-3-12-6(5)9/h8-12H,1-7H2,(H2,22,23,25);5-6,9-10H,1-4,15H2;4H,1-3H2,(H2,7,10,11). The van der Waals surface area contributed by atoms with Gasteiger partial charge in [0.15, 0.2) is 9.79 Å². The molecule has 0 radical (unpaired) electrons. The maximum atomic E-state index is 12.8. The zero-order valence-electron chi connectivity index (χ0n) is 31.1. The number of aryl methyl sites for hydroxylation is 2. The summed E-state index contributed by atoms with van der Waals surface area (Å²) in [4.78, 5) is 12.5. The minimum atomic E-state index is -4.12. The number of ether oxygens (including phenoxy) is 2. The van der Waals surface area contributed by atoms with Crippen LogP contribution in [0.4, 0.5) is 16.2 Å². The van der Waals surface area contributed by atoms with Gasteiger partial charge in [0.2, 0.25) is 21.8 Å². The molecule has 0 bridgehead atoms. The predicted molar refractivity (Wildman–Crippen MR) is 210 cm³/mol. The smallest absolute Gasteiger partial charge is 0.333 e. The normalized spacial score (nSPS) is 18.5. The molecule has 4 aromatic rings. The first-order valence-corrected chi connectivity index (χ1v) is 22.6. The Balaban J connectivity index is 0.000000135. The van der Waals surface area contributed by atoms with Gasteiger partial charge in [-0.3, -0.25) is 0 Å². The third kappa shape index (κ3) is 8.86. The lowest BCUT2D eigenvalue weighted by atomic mass is 9.97. The maximum absolute atomic E-state index is 12.8. The van der Waals surface area contributed by atoms with Gasteiger partial charge in [0, 0.05) is 42.3 Å². The molecule has 2 aromatic carbocycles. The first-order chi connectivity index (χ1) is 27.3. The number of hydrogen-bond acceptors (Lipinski definition) is 11. The Kier molecular flexibility index (Phi) is 10.6. The van der Waals surface area contributed by atoms with Gasteiger partial charge in [-0.05, 0) is 122 Å². The summed E-state index contributed by atoms with van der Waals surface area (Å²) in [5, 5.41) is 25.3. The van der Waals surface area contributed by atoms with E-state index in [0.29, 0.717) is 60.7 Å². The molecule has 10 rings (SSSR count). The second kappa shape index (κ2) is 15.5. The fourth-order valence-electron chi connectivity index (χ4n) is 7.24. The van der Waals surface area contributed by atoms with E-state index in [1.165, 1.54) is 58.6 Å². The number of carbonyl (C=O) groups excluding carboxylic acids is 1. The van der Waals surface area contributed by atoms with Gasteiger partial charge in [0.05, 0.1) is 37.2 Å². The van der Waals surface area contributed by atoms with Gasteiger partial charge in [-0.15, -0.1) is 0 Å². The number of nitriles is 1. The van der Waals surface area contributed by atoms with Crippen molar-refractivity contribution in [2.45, 2.75) is 111 Å². The number of rotatable bonds is 8. The van der Waals surface area contributed by atoms with Gasteiger partial charge in [-0.25, -0.2) is 40.9 Å². The highest BCUT2D eigenvalue weighted by Crippen LogP contribution is 2.51. The van der Waals surface area contributed by atoms with Crippen LogP contribution in [0.3, 0.4) is 0 Å². The molecule has 4 heterocycles. The fourth-order valence-corrected chi connectivity index (χ4v) is 9.06. The summed E-state index contributed by atoms with van der Waals surface area (Å²) in [6.45, 7) is 2.18. The average molecular weight is 838 g/mol. The van der Waals surface area contributed by atoms with Crippen molar-refractivity contribution in [1.82, 2.24) is 24.3 Å². The number of hydrogen-bond donors (Lipinski definition) is 4. The van der Waals surface area contributed by atoms with Crippen LogP contribution >= 0.6 is 11.6 Å². The van der Waals surface area contributed by atoms with Crippen molar-refractivity contribution < 1.29 is 31.1 Å². The van der Waals surface area contributed by atoms with Crippen molar-refractivity contribution in [1.29, 1.82) is 5.26 Å². The van der Waals surface area contributed by atoms with E-state index in [1.54, 1.807) is 0 Å². The molecule has 4 aliphatic carbocycles. The number of carbonyl (C=O) groups is 1. The number of nitrogens with one attached hydrogen (secondary N) is 2. The summed E-state index contributed by atoms with van der Waals surface area (Å²) in [7, 11) is -7.83. The van der Waals surface area contributed by atoms with Crippen LogP contribution in [0.2, 0.25) is 5.02 Å². The van der Waals surface area contributed by atoms with E-state index in [9.17, 15) is 21.6 Å². The number of nitrogen functional groups attached to an aromatic ring is 1. The fraction of sp³-hybridized carbons (Fsp3) is 0.474. The van der Waals surface area contributed by atoms with Crippen molar-refractivity contribution >= 4 is 49.1 Å². The van der Waals surface area contributed by atoms with Gasteiger partial charge < -0.3 is 20.5 Å². The number of urea groups is 1. The Morgan fingerprint density at radius 3 is 1.68 bits per heavy atom. The molecular weight excluding hydrogens is 794 g/mol. The van der Waals surface area contributed by atoms with Crippen LogP contribution in [0.1, 0.15) is 116 Å². The minimum absolute atomic E-state index is 0.0350. The first-order valence-electron chi connectivity index (χ1n) is 19.2. The highest BCUT2D eigenvalue weighted by Gasteiger charge is 2.35. The largest absolute Gasteiger partial charge is 0.477 e. The van der Waals surface area contributed by atoms with Crippen LogP contribution < -0.4 is 30.4 Å². The molecule has 2 aromatic heterocycles. The van der Waals surface area contributed by atoms with E-state index in [-0.39, 0.29) is 21.6 Å². The lowest BCUT2D eigenvalue weighted by Gasteiger charge is -2.18. The summed E-state index contributed by atoms with van der Waals surface area (Å²) >= 11 is 6.30. The third-order valence-electron chi connectivity index (χ3n) is 10.7. The third-order valence-corrected chi connectivity index (χ3v) is 13.1. The first kappa shape index (κ1) is 39.0. The van der Waals surface area contributed by atoms with E-state index in [0.717, 1.165) is 60.9 Å². The number of anilines is 2. The predicted octanol–water partition coefficient (Wildman–Crippen LogP) is 5.79. The Morgan fingerprint density at radius 1 is 0.772 bits per heavy atom. The molecule has 6 N–H and O–H groups in total. The lowest BCUT2D eigenvalue weighted by Crippen LogP contribution is -2.35. The van der Waals surface area contributed by atoms with Crippen LogP contribution in [0.15, 0.2) is 46.5 Å². The molecule has 302 valence electrons. The zero-order valence-corrected chi connectivity index (χ0v) is 33.5. The van der Waals surface area contributed by atoms with E-state index < -0.39 is 26.1 Å². The summed E-state index contributed by atoms with van der Waals surface area (Å²) in [6, 6.07) is 9.16. The molecule has 19 heteroatoms. The number of primary sulfonamides is 1. The van der Waals surface area contributed by atoms with Crippen LogP contribution in [0.5, 0.6) is 11.8 Å². The number of nitrogens with two attached hydrogens (primary N) is 2. The molecule has 6 aliphatic rings. The van der Waals surface area contributed by atoms with Gasteiger partial charge in [-0.2, -0.15) is 15.5 Å². The van der Waals surface area contributed by atoms with Crippen molar-refractivity contribution in [3.05, 3.63) is 69.5 Å². The van der Waals surface area contributed by atoms with E-state index >= 15 is 0 Å². The average Bonchev–Trinajstić information content (AvgIpc) is 3.95. The molecule has 4 fully saturated rings. The number of fused-ring (bicyclic) bond motifs is 2. The molecule has 0 unspecified atom stereocenters. The van der Waals surface area contributed by atoms with Crippen LogP contribution in [0.25, 0.3) is 0 Å². The molecule has 0 spiro atoms. The van der Waals surface area contributed by atoms with E-state index in [4.69, 9.17) is 37.2 Å². The van der Waals surface area contributed by atoms with Crippen molar-refractivity contribution in [2.75, 3.05) is 24.3 Å². The molecule has 16 nitrogen and oxygen atoms in total. The van der Waals surface area contributed by atoms with Crippen LogP contribution in [-0.2, 0) is 33.1 Å². The molecule has 0 saturated heterocycles. The van der Waals surface area contributed by atoms with Crippen LogP contribution in [-0.4, -0.2) is 55.6 Å². The minimum Gasteiger partial charge on any atom is -0.477 e. The number of amides is 2. The number of benzene rings is 2. The molecule has 2 amide bonds. The molecule has 4 saturated carbocycles.